The number of hydrogen-bond donors (Lipinski definition) is 2. The van der Waals surface area contributed by atoms with Crippen LogP contribution in [-0.4, -0.2) is 26.4 Å². The van der Waals surface area contributed by atoms with Crippen LogP contribution in [0.15, 0.2) is 33.6 Å². The quantitative estimate of drug-likeness (QED) is 0.845. The number of sulfonamides is 1. The smallest absolute Gasteiger partial charge is 0.264 e. The maximum Gasteiger partial charge on any atom is 0.264 e. The number of aromatic nitrogens is 1. The molecule has 0 spiro atoms. The molecule has 25 heavy (non-hydrogen) atoms. The van der Waals surface area contributed by atoms with E-state index in [-0.39, 0.29) is 17.2 Å². The van der Waals surface area contributed by atoms with Crippen molar-refractivity contribution in [2.45, 2.75) is 43.4 Å². The first-order valence-electron chi connectivity index (χ1n) is 8.18. The second-order valence-corrected chi connectivity index (χ2v) is 7.82. The third-order valence-corrected chi connectivity index (χ3v) is 5.66. The van der Waals surface area contributed by atoms with Crippen LogP contribution in [0.25, 0.3) is 0 Å². The summed E-state index contributed by atoms with van der Waals surface area (Å²) in [5.41, 5.74) is 1.44. The average Bonchev–Trinajstić information content (AvgIpc) is 2.96. The Kier molecular flexibility index (Phi) is 4.80. The van der Waals surface area contributed by atoms with Crippen LogP contribution in [0, 0.1) is 6.92 Å². The molecule has 2 N–H and O–H groups in total. The molecule has 7 nitrogen and oxygen atoms in total. The van der Waals surface area contributed by atoms with E-state index in [1.54, 1.807) is 26.1 Å². The van der Waals surface area contributed by atoms with Crippen molar-refractivity contribution in [3.05, 3.63) is 41.6 Å². The number of amides is 1. The van der Waals surface area contributed by atoms with Crippen molar-refractivity contribution in [2.75, 3.05) is 12.4 Å². The van der Waals surface area contributed by atoms with E-state index in [9.17, 15) is 13.2 Å². The molecule has 1 aromatic heterocycles. The summed E-state index contributed by atoms with van der Waals surface area (Å²) in [6.45, 7) is 1.77. The molecule has 3 rings (SSSR count). The molecule has 1 aliphatic rings. The number of oxazole rings is 1. The van der Waals surface area contributed by atoms with Crippen LogP contribution in [0.5, 0.6) is 0 Å². The first-order chi connectivity index (χ1) is 11.9. The third kappa shape index (κ3) is 3.84. The lowest BCUT2D eigenvalue weighted by atomic mass is 9.88. The van der Waals surface area contributed by atoms with E-state index in [0.29, 0.717) is 11.6 Å². The van der Waals surface area contributed by atoms with Gasteiger partial charge in [-0.2, -0.15) is 0 Å². The lowest BCUT2D eigenvalue weighted by Gasteiger charge is -2.19. The van der Waals surface area contributed by atoms with Crippen LogP contribution < -0.4 is 10.0 Å². The van der Waals surface area contributed by atoms with Gasteiger partial charge in [0, 0.05) is 38.4 Å². The molecule has 8 heteroatoms. The van der Waals surface area contributed by atoms with Gasteiger partial charge in [-0.15, -0.1) is 0 Å². The van der Waals surface area contributed by atoms with E-state index in [4.69, 9.17) is 4.42 Å². The Morgan fingerprint density at radius 1 is 1.40 bits per heavy atom. The van der Waals surface area contributed by atoms with Crippen molar-refractivity contribution in [1.29, 1.82) is 0 Å². The zero-order chi connectivity index (χ0) is 18.0. The van der Waals surface area contributed by atoms with E-state index in [1.807, 2.05) is 0 Å². The summed E-state index contributed by atoms with van der Waals surface area (Å²) < 4.78 is 32.5. The number of aryl methyl sites for hydroxylation is 2. The second-order valence-electron chi connectivity index (χ2n) is 6.14. The summed E-state index contributed by atoms with van der Waals surface area (Å²) in [7, 11) is -2.20. The zero-order valence-corrected chi connectivity index (χ0v) is 15.0. The molecule has 1 unspecified atom stereocenters. The summed E-state index contributed by atoms with van der Waals surface area (Å²) in [6.07, 6.45) is 2.57. The van der Waals surface area contributed by atoms with E-state index in [2.05, 4.69) is 15.0 Å². The van der Waals surface area contributed by atoms with Crippen molar-refractivity contribution in [1.82, 2.24) is 9.71 Å². The fourth-order valence-corrected chi connectivity index (χ4v) is 4.16. The van der Waals surface area contributed by atoms with Gasteiger partial charge in [0.2, 0.25) is 5.91 Å². The molecule has 0 saturated heterocycles. The summed E-state index contributed by atoms with van der Waals surface area (Å²) in [4.78, 5) is 16.7. The minimum absolute atomic E-state index is 0.0503. The summed E-state index contributed by atoms with van der Waals surface area (Å²) in [5.74, 6) is 0.744. The van der Waals surface area contributed by atoms with Gasteiger partial charge < -0.3 is 9.73 Å². The molecule has 0 bridgehead atoms. The number of benzene rings is 1. The molecule has 0 saturated carbocycles. The summed E-state index contributed by atoms with van der Waals surface area (Å²) in [5, 5.41) is 2.88. The molecule has 1 atom stereocenters. The average molecular weight is 363 g/mol. The summed E-state index contributed by atoms with van der Waals surface area (Å²) >= 11 is 0. The highest BCUT2D eigenvalue weighted by Gasteiger charge is 2.29. The molecule has 0 aliphatic heterocycles. The number of fused-ring (bicyclic) bond motifs is 1. The Hall–Kier alpha value is -2.35. The third-order valence-electron chi connectivity index (χ3n) is 4.29. The highest BCUT2D eigenvalue weighted by molar-refractivity contribution is 7.90. The van der Waals surface area contributed by atoms with Gasteiger partial charge in [0.1, 0.15) is 5.76 Å². The first-order valence-corrected chi connectivity index (χ1v) is 9.67. The predicted octanol–water partition coefficient (Wildman–Crippen LogP) is 2.34. The Morgan fingerprint density at radius 3 is 2.96 bits per heavy atom. The van der Waals surface area contributed by atoms with Gasteiger partial charge in [-0.3, -0.25) is 4.79 Å². The van der Waals surface area contributed by atoms with Gasteiger partial charge in [0.25, 0.3) is 10.0 Å². The number of carbonyl (C=O) groups excluding carboxylic acids is 1. The van der Waals surface area contributed by atoms with Crippen LogP contribution in [0.4, 0.5) is 5.69 Å². The van der Waals surface area contributed by atoms with Crippen molar-refractivity contribution in [3.63, 3.8) is 0 Å². The van der Waals surface area contributed by atoms with Crippen LogP contribution in [-0.2, 0) is 21.2 Å². The molecular weight excluding hydrogens is 342 g/mol. The molecule has 2 aromatic rings. The Bertz CT molecular complexity index is 889. The van der Waals surface area contributed by atoms with Gasteiger partial charge in [0.05, 0.1) is 10.6 Å². The van der Waals surface area contributed by atoms with E-state index in [0.717, 1.165) is 30.7 Å². The van der Waals surface area contributed by atoms with Crippen molar-refractivity contribution < 1.29 is 17.6 Å². The Balaban J connectivity index is 1.72. The molecule has 1 amide bonds. The maximum absolute atomic E-state index is 12.4. The van der Waals surface area contributed by atoms with Gasteiger partial charge in [-0.25, -0.2) is 18.1 Å². The number of rotatable bonds is 5. The topological polar surface area (TPSA) is 101 Å². The highest BCUT2D eigenvalue weighted by Crippen LogP contribution is 2.33. The molecule has 1 aromatic carbocycles. The number of nitrogens with zero attached hydrogens (tertiary/aromatic N) is 1. The monoisotopic (exact) mass is 363 g/mol. The SMILES string of the molecule is CNc1cccc(S(=O)(=O)NC(=O)CC2CCCc3oc(C)nc32)c1. The predicted molar refractivity (Wildman–Crippen MR) is 92.9 cm³/mol. The van der Waals surface area contributed by atoms with Gasteiger partial charge in [0.15, 0.2) is 5.89 Å². The minimum atomic E-state index is -3.90. The van der Waals surface area contributed by atoms with E-state index >= 15 is 0 Å². The minimum Gasteiger partial charge on any atom is -0.446 e. The van der Waals surface area contributed by atoms with Gasteiger partial charge in [-0.1, -0.05) is 6.07 Å². The molecule has 134 valence electrons. The second kappa shape index (κ2) is 6.87. The fourth-order valence-electron chi connectivity index (χ4n) is 3.12. The molecule has 0 fully saturated rings. The normalized spacial score (nSPS) is 17.0. The van der Waals surface area contributed by atoms with Crippen molar-refractivity contribution in [3.8, 4) is 0 Å². The van der Waals surface area contributed by atoms with Gasteiger partial charge in [-0.05, 0) is 31.0 Å². The molecule has 0 radical (unpaired) electrons. The summed E-state index contributed by atoms with van der Waals surface area (Å²) in [6, 6.07) is 6.30. The first kappa shape index (κ1) is 17.5. The van der Waals surface area contributed by atoms with E-state index in [1.165, 1.54) is 12.1 Å². The maximum atomic E-state index is 12.4. The number of carbonyl (C=O) groups is 1. The molecule has 1 heterocycles. The Morgan fingerprint density at radius 2 is 2.20 bits per heavy atom. The molecule has 1 aliphatic carbocycles. The fraction of sp³-hybridized carbons (Fsp3) is 0.412. The van der Waals surface area contributed by atoms with Crippen molar-refractivity contribution in [2.24, 2.45) is 0 Å². The van der Waals surface area contributed by atoms with Crippen LogP contribution >= 0.6 is 0 Å². The molecular formula is C17H21N3O4S. The lowest BCUT2D eigenvalue weighted by Crippen LogP contribution is -2.32. The van der Waals surface area contributed by atoms with Crippen molar-refractivity contribution >= 4 is 21.6 Å². The number of hydrogen-bond acceptors (Lipinski definition) is 6. The Labute approximate surface area is 146 Å². The highest BCUT2D eigenvalue weighted by atomic mass is 32.2. The van der Waals surface area contributed by atoms with E-state index < -0.39 is 15.9 Å². The van der Waals surface area contributed by atoms with Crippen LogP contribution in [0.1, 0.15) is 42.5 Å². The lowest BCUT2D eigenvalue weighted by molar-refractivity contribution is -0.119. The number of nitrogens with one attached hydrogen (secondary N) is 2. The number of anilines is 1. The van der Waals surface area contributed by atoms with Gasteiger partial charge >= 0.3 is 0 Å². The standard InChI is InChI=1S/C17H21N3O4S/c1-11-19-17-12(5-3-8-15(17)24-11)9-16(21)20-25(22,23)14-7-4-6-13(10-14)18-2/h4,6-7,10,12,18H,3,5,8-9H2,1-2H3,(H,20,21). The zero-order valence-electron chi connectivity index (χ0n) is 14.2. The van der Waals surface area contributed by atoms with Crippen LogP contribution in [0.2, 0.25) is 0 Å². The largest absolute Gasteiger partial charge is 0.446 e. The van der Waals surface area contributed by atoms with Crippen LogP contribution in [0.3, 0.4) is 0 Å².